The minimum atomic E-state index is -1.08. The van der Waals surface area contributed by atoms with Crippen LogP contribution in [0.2, 0.25) is 0 Å². The summed E-state index contributed by atoms with van der Waals surface area (Å²) in [6.45, 7) is 5.36. The SMILES string of the molecule is Cn1cncc1C(O)C(=O)C(C)(C)C. The zero-order chi connectivity index (χ0) is 10.9. The Morgan fingerprint density at radius 2 is 2.14 bits per heavy atom. The molecule has 0 fully saturated rings. The molecule has 0 aromatic carbocycles. The average molecular weight is 196 g/mol. The van der Waals surface area contributed by atoms with Crippen molar-refractivity contribution in [3.63, 3.8) is 0 Å². The smallest absolute Gasteiger partial charge is 0.172 e. The van der Waals surface area contributed by atoms with Gasteiger partial charge < -0.3 is 9.67 Å². The molecule has 0 aliphatic heterocycles. The molecule has 1 aromatic heterocycles. The third kappa shape index (κ3) is 2.01. The molecule has 1 unspecified atom stereocenters. The first-order valence-corrected chi connectivity index (χ1v) is 4.52. The Morgan fingerprint density at radius 1 is 1.57 bits per heavy atom. The van der Waals surface area contributed by atoms with Crippen LogP contribution >= 0.6 is 0 Å². The lowest BCUT2D eigenvalue weighted by atomic mass is 9.87. The Kier molecular flexibility index (Phi) is 2.76. The summed E-state index contributed by atoms with van der Waals surface area (Å²) < 4.78 is 1.65. The van der Waals surface area contributed by atoms with Crippen molar-refractivity contribution in [3.8, 4) is 0 Å². The van der Waals surface area contributed by atoms with Gasteiger partial charge in [0.25, 0.3) is 0 Å². The van der Waals surface area contributed by atoms with Crippen LogP contribution in [0.1, 0.15) is 32.6 Å². The summed E-state index contributed by atoms with van der Waals surface area (Å²) >= 11 is 0. The van der Waals surface area contributed by atoms with Gasteiger partial charge in [-0.25, -0.2) is 4.98 Å². The molecule has 1 heterocycles. The Balaban J connectivity index is 2.92. The topological polar surface area (TPSA) is 55.1 Å². The molecule has 0 amide bonds. The molecule has 14 heavy (non-hydrogen) atoms. The van der Waals surface area contributed by atoms with Crippen LogP contribution in [-0.4, -0.2) is 20.4 Å². The molecule has 1 N–H and O–H groups in total. The number of hydrogen-bond acceptors (Lipinski definition) is 3. The lowest BCUT2D eigenvalue weighted by Gasteiger charge is -2.20. The lowest BCUT2D eigenvalue weighted by molar-refractivity contribution is -0.135. The predicted molar refractivity (Wildman–Crippen MR) is 52.6 cm³/mol. The maximum Gasteiger partial charge on any atom is 0.172 e. The van der Waals surface area contributed by atoms with E-state index in [1.165, 1.54) is 6.20 Å². The molecule has 0 saturated heterocycles. The van der Waals surface area contributed by atoms with Crippen molar-refractivity contribution in [1.82, 2.24) is 9.55 Å². The van der Waals surface area contributed by atoms with Crippen LogP contribution in [0, 0.1) is 5.41 Å². The van der Waals surface area contributed by atoms with Gasteiger partial charge in [-0.3, -0.25) is 4.79 Å². The maximum atomic E-state index is 11.7. The predicted octanol–water partition coefficient (Wildman–Crippen LogP) is 1.07. The summed E-state index contributed by atoms with van der Waals surface area (Å²) in [5.41, 5.74) is -0.00567. The van der Waals surface area contributed by atoms with Gasteiger partial charge in [-0.15, -0.1) is 0 Å². The van der Waals surface area contributed by atoms with Crippen molar-refractivity contribution in [3.05, 3.63) is 18.2 Å². The Morgan fingerprint density at radius 3 is 2.50 bits per heavy atom. The minimum absolute atomic E-state index is 0.193. The number of rotatable bonds is 2. The molecule has 0 radical (unpaired) electrons. The van der Waals surface area contributed by atoms with Crippen LogP contribution in [-0.2, 0) is 11.8 Å². The number of aromatic nitrogens is 2. The van der Waals surface area contributed by atoms with Gasteiger partial charge in [-0.1, -0.05) is 20.8 Å². The molecular weight excluding hydrogens is 180 g/mol. The first-order valence-electron chi connectivity index (χ1n) is 4.52. The van der Waals surface area contributed by atoms with E-state index in [1.807, 2.05) is 0 Å². The second-order valence-corrected chi connectivity index (χ2v) is 4.45. The molecule has 1 atom stereocenters. The number of aryl methyl sites for hydroxylation is 1. The number of ketones is 1. The fraction of sp³-hybridized carbons (Fsp3) is 0.600. The quantitative estimate of drug-likeness (QED) is 0.769. The Labute approximate surface area is 83.6 Å². The molecule has 0 aliphatic carbocycles. The molecule has 0 aliphatic rings. The van der Waals surface area contributed by atoms with Gasteiger partial charge in [-0.2, -0.15) is 0 Å². The molecule has 4 nitrogen and oxygen atoms in total. The average Bonchev–Trinajstić information content (AvgIpc) is 2.47. The highest BCUT2D eigenvalue weighted by molar-refractivity contribution is 5.88. The summed E-state index contributed by atoms with van der Waals surface area (Å²) in [6.07, 6.45) is 1.99. The van der Waals surface area contributed by atoms with Crippen LogP contribution in [0.3, 0.4) is 0 Å². The van der Waals surface area contributed by atoms with E-state index < -0.39 is 11.5 Å². The van der Waals surface area contributed by atoms with E-state index >= 15 is 0 Å². The van der Waals surface area contributed by atoms with Gasteiger partial charge in [0, 0.05) is 12.5 Å². The van der Waals surface area contributed by atoms with Gasteiger partial charge in [-0.05, 0) is 0 Å². The molecule has 0 bridgehead atoms. The lowest BCUT2D eigenvalue weighted by Crippen LogP contribution is -2.27. The summed E-state index contributed by atoms with van der Waals surface area (Å²) in [4.78, 5) is 15.6. The van der Waals surface area contributed by atoms with E-state index in [2.05, 4.69) is 4.98 Å². The Hall–Kier alpha value is -1.16. The zero-order valence-corrected chi connectivity index (χ0v) is 8.98. The normalized spacial score (nSPS) is 14.1. The van der Waals surface area contributed by atoms with Crippen molar-refractivity contribution in [1.29, 1.82) is 0 Å². The zero-order valence-electron chi connectivity index (χ0n) is 8.98. The highest BCUT2D eigenvalue weighted by Crippen LogP contribution is 2.24. The minimum Gasteiger partial charge on any atom is -0.379 e. The largest absolute Gasteiger partial charge is 0.379 e. The summed E-state index contributed by atoms with van der Waals surface area (Å²) in [5, 5.41) is 9.78. The van der Waals surface area contributed by atoms with E-state index in [9.17, 15) is 9.90 Å². The maximum absolute atomic E-state index is 11.7. The van der Waals surface area contributed by atoms with Crippen LogP contribution < -0.4 is 0 Å². The first-order chi connectivity index (χ1) is 6.34. The third-order valence-corrected chi connectivity index (χ3v) is 2.12. The van der Waals surface area contributed by atoms with Gasteiger partial charge >= 0.3 is 0 Å². The Bertz CT molecular complexity index is 336. The van der Waals surface area contributed by atoms with E-state index in [4.69, 9.17) is 0 Å². The standard InChI is InChI=1S/C10H16N2O2/c1-10(2,3)9(14)8(13)7-5-11-6-12(7)4/h5-6,8,13H,1-4H3. The summed E-state index contributed by atoms with van der Waals surface area (Å²) in [6, 6.07) is 0. The molecule has 1 aromatic rings. The van der Waals surface area contributed by atoms with Crippen LogP contribution in [0.5, 0.6) is 0 Å². The fourth-order valence-electron chi connectivity index (χ4n) is 1.18. The van der Waals surface area contributed by atoms with Crippen molar-refractivity contribution in [2.24, 2.45) is 12.5 Å². The molecule has 0 spiro atoms. The van der Waals surface area contributed by atoms with Crippen molar-refractivity contribution in [2.45, 2.75) is 26.9 Å². The van der Waals surface area contributed by atoms with Gasteiger partial charge in [0.15, 0.2) is 11.9 Å². The van der Waals surface area contributed by atoms with E-state index in [-0.39, 0.29) is 5.78 Å². The summed E-state index contributed by atoms with van der Waals surface area (Å²) in [5.74, 6) is -0.193. The number of hydrogen-bond donors (Lipinski definition) is 1. The second kappa shape index (κ2) is 3.53. The number of carbonyl (C=O) groups excluding carboxylic acids is 1. The second-order valence-electron chi connectivity index (χ2n) is 4.45. The van der Waals surface area contributed by atoms with Crippen LogP contribution in [0.4, 0.5) is 0 Å². The number of Topliss-reactive ketones (excluding diaryl/α,β-unsaturated/α-hetero) is 1. The van der Waals surface area contributed by atoms with Gasteiger partial charge in [0.2, 0.25) is 0 Å². The third-order valence-electron chi connectivity index (χ3n) is 2.12. The van der Waals surface area contributed by atoms with Crippen molar-refractivity contribution < 1.29 is 9.90 Å². The summed E-state index contributed by atoms with van der Waals surface area (Å²) in [7, 11) is 1.75. The monoisotopic (exact) mass is 196 g/mol. The highest BCUT2D eigenvalue weighted by atomic mass is 16.3. The number of imidazole rings is 1. The van der Waals surface area contributed by atoms with E-state index in [0.29, 0.717) is 5.69 Å². The molecule has 0 saturated carbocycles. The first kappa shape index (κ1) is 10.9. The number of aliphatic hydroxyl groups excluding tert-OH is 1. The van der Waals surface area contributed by atoms with Gasteiger partial charge in [0.1, 0.15) is 0 Å². The number of carbonyl (C=O) groups is 1. The highest BCUT2D eigenvalue weighted by Gasteiger charge is 2.30. The molecular formula is C10H16N2O2. The van der Waals surface area contributed by atoms with Crippen molar-refractivity contribution >= 4 is 5.78 Å². The number of nitrogens with zero attached hydrogens (tertiary/aromatic N) is 2. The van der Waals surface area contributed by atoms with E-state index in [1.54, 1.807) is 38.7 Å². The number of aliphatic hydroxyl groups is 1. The van der Waals surface area contributed by atoms with Gasteiger partial charge in [0.05, 0.1) is 18.2 Å². The molecule has 4 heteroatoms. The van der Waals surface area contributed by atoms with E-state index in [0.717, 1.165) is 0 Å². The molecule has 1 rings (SSSR count). The van der Waals surface area contributed by atoms with Crippen LogP contribution in [0.25, 0.3) is 0 Å². The molecule has 78 valence electrons. The van der Waals surface area contributed by atoms with Crippen molar-refractivity contribution in [2.75, 3.05) is 0 Å². The fourth-order valence-corrected chi connectivity index (χ4v) is 1.18. The van der Waals surface area contributed by atoms with Crippen LogP contribution in [0.15, 0.2) is 12.5 Å².